The molecular weight excluding hydrogens is 268 g/mol. The molecule has 3 heteroatoms. The second-order valence-electron chi connectivity index (χ2n) is 2.52. The van der Waals surface area contributed by atoms with E-state index in [1.807, 2.05) is 6.92 Å². The zero-order valence-corrected chi connectivity index (χ0v) is 10.3. The van der Waals surface area contributed by atoms with Gasteiger partial charge >= 0.3 is 85.1 Å². The molecule has 0 radical (unpaired) electrons. The third-order valence-electron chi connectivity index (χ3n) is 1.40. The van der Waals surface area contributed by atoms with Crippen molar-refractivity contribution in [3.05, 3.63) is 0 Å². The van der Waals surface area contributed by atoms with Crippen LogP contribution in [0.2, 0.25) is 8.94 Å². The van der Waals surface area contributed by atoms with E-state index in [1.165, 1.54) is 17.3 Å². The van der Waals surface area contributed by atoms with E-state index in [4.69, 9.17) is 4.74 Å². The van der Waals surface area contributed by atoms with E-state index in [-0.39, 0.29) is 26.9 Å². The van der Waals surface area contributed by atoms with Crippen molar-refractivity contribution in [3.8, 4) is 0 Å². The third-order valence-corrected chi connectivity index (χ3v) is 4.45. The van der Waals surface area contributed by atoms with Gasteiger partial charge < -0.3 is 0 Å². The van der Waals surface area contributed by atoms with Crippen molar-refractivity contribution in [3.63, 3.8) is 0 Å². The molecule has 0 aromatic rings. The topological polar surface area (TPSA) is 26.3 Å². The second kappa shape index (κ2) is 9.35. The van der Waals surface area contributed by atoms with E-state index in [1.54, 1.807) is 0 Å². The molecule has 0 aliphatic heterocycles. The van der Waals surface area contributed by atoms with Gasteiger partial charge in [-0.1, -0.05) is 0 Å². The molecule has 12 heavy (non-hydrogen) atoms. The zero-order valence-electron chi connectivity index (χ0n) is 7.97. The average molecular weight is 286 g/mol. The quantitative estimate of drug-likeness (QED) is 0.408. The van der Waals surface area contributed by atoms with Gasteiger partial charge in [-0.2, -0.15) is 0 Å². The van der Waals surface area contributed by atoms with Gasteiger partial charge in [0.15, 0.2) is 0 Å². The van der Waals surface area contributed by atoms with Gasteiger partial charge in [0.25, 0.3) is 0 Å². The minimum absolute atomic E-state index is 0.0147. The monoisotopic (exact) mass is 288 g/mol. The van der Waals surface area contributed by atoms with Gasteiger partial charge in [0, 0.05) is 0 Å². The van der Waals surface area contributed by atoms with E-state index >= 15 is 0 Å². The van der Waals surface area contributed by atoms with Crippen molar-refractivity contribution < 1.29 is 9.53 Å². The van der Waals surface area contributed by atoms with Gasteiger partial charge in [0.1, 0.15) is 0 Å². The van der Waals surface area contributed by atoms with Crippen LogP contribution in [0.5, 0.6) is 0 Å². The number of carbonyl (C=O) groups excluding carboxylic acids is 1. The molecule has 0 amide bonds. The Bertz CT molecular complexity index is 115. The molecule has 0 aromatic carbocycles. The van der Waals surface area contributed by atoms with Crippen LogP contribution in [-0.2, 0) is 9.53 Å². The van der Waals surface area contributed by atoms with Gasteiger partial charge in [-0.05, 0) is 0 Å². The summed E-state index contributed by atoms with van der Waals surface area (Å²) < 4.78 is 7.32. The van der Waals surface area contributed by atoms with Crippen LogP contribution < -0.4 is 0 Å². The minimum atomic E-state index is -0.0147. The molecule has 0 heterocycles. The average Bonchev–Trinajstić information content (AvgIpc) is 2.05. The molecular formula is C9H18O2Te. The summed E-state index contributed by atoms with van der Waals surface area (Å²) in [6.45, 7) is 4.58. The van der Waals surface area contributed by atoms with Crippen LogP contribution >= 0.6 is 0 Å². The van der Waals surface area contributed by atoms with Crippen LogP contribution in [0, 0.1) is 0 Å². The van der Waals surface area contributed by atoms with Crippen molar-refractivity contribution >= 4 is 26.9 Å². The van der Waals surface area contributed by atoms with E-state index in [0.717, 1.165) is 4.47 Å². The fourth-order valence-electron chi connectivity index (χ4n) is 0.737. The van der Waals surface area contributed by atoms with Crippen LogP contribution in [-0.4, -0.2) is 33.5 Å². The Hall–Kier alpha value is 0.260. The first-order chi connectivity index (χ1) is 5.81. The first kappa shape index (κ1) is 12.3. The molecule has 0 unspecified atom stereocenters. The molecule has 0 fully saturated rings. The van der Waals surface area contributed by atoms with E-state index < -0.39 is 0 Å². The Morgan fingerprint density at radius 2 is 2.08 bits per heavy atom. The summed E-state index contributed by atoms with van der Waals surface area (Å²) in [7, 11) is 0. The van der Waals surface area contributed by atoms with Crippen molar-refractivity contribution in [2.45, 2.75) is 42.0 Å². The maximum absolute atomic E-state index is 10.9. The first-order valence-corrected chi connectivity index (χ1v) is 7.84. The van der Waals surface area contributed by atoms with Gasteiger partial charge in [-0.3, -0.25) is 0 Å². The number of unbranched alkanes of at least 4 members (excludes halogenated alkanes) is 1. The van der Waals surface area contributed by atoms with Crippen molar-refractivity contribution in [1.29, 1.82) is 0 Å². The van der Waals surface area contributed by atoms with Gasteiger partial charge in [0.05, 0.1) is 0 Å². The van der Waals surface area contributed by atoms with Crippen LogP contribution in [0.4, 0.5) is 0 Å². The molecule has 2 nitrogen and oxygen atoms in total. The normalized spacial score (nSPS) is 9.83. The third kappa shape index (κ3) is 8.36. The molecule has 0 aliphatic carbocycles. The summed E-state index contributed by atoms with van der Waals surface area (Å²) in [4.78, 5) is 10.9. The summed E-state index contributed by atoms with van der Waals surface area (Å²) in [5.74, 6) is -0.0147. The second-order valence-corrected chi connectivity index (χ2v) is 6.02. The van der Waals surface area contributed by atoms with Crippen LogP contribution in [0.15, 0.2) is 0 Å². The van der Waals surface area contributed by atoms with E-state index in [0.29, 0.717) is 13.0 Å². The molecule has 0 rings (SSSR count). The van der Waals surface area contributed by atoms with E-state index in [9.17, 15) is 4.79 Å². The number of carbonyl (C=O) groups is 1. The van der Waals surface area contributed by atoms with E-state index in [2.05, 4.69) is 6.92 Å². The Labute approximate surface area is 85.1 Å². The Morgan fingerprint density at radius 3 is 2.67 bits per heavy atom. The van der Waals surface area contributed by atoms with Gasteiger partial charge in [0.2, 0.25) is 0 Å². The fraction of sp³-hybridized carbons (Fsp3) is 0.889. The summed E-state index contributed by atoms with van der Waals surface area (Å²) in [5.41, 5.74) is 0. The predicted molar refractivity (Wildman–Crippen MR) is 51.5 cm³/mol. The SMILES string of the molecule is CCCC[Te]CCC(=O)OCC. The summed E-state index contributed by atoms with van der Waals surface area (Å²) >= 11 is 0.111. The fourth-order valence-corrected chi connectivity index (χ4v) is 3.61. The van der Waals surface area contributed by atoms with Crippen molar-refractivity contribution in [1.82, 2.24) is 0 Å². The standard InChI is InChI=1S/C9H18O2Te/c1-3-5-7-12-8-6-9(10)11-4-2/h3-8H2,1-2H3. The molecule has 72 valence electrons. The first-order valence-electron chi connectivity index (χ1n) is 4.54. The van der Waals surface area contributed by atoms with Crippen molar-refractivity contribution in [2.75, 3.05) is 6.61 Å². The zero-order chi connectivity index (χ0) is 9.23. The predicted octanol–water partition coefficient (Wildman–Crippen LogP) is 2.28. The Kier molecular flexibility index (Phi) is 9.55. The number of hydrogen-bond acceptors (Lipinski definition) is 2. The molecule has 0 spiro atoms. The molecule has 0 atom stereocenters. The van der Waals surface area contributed by atoms with Crippen LogP contribution in [0.1, 0.15) is 33.1 Å². The molecule has 0 saturated carbocycles. The van der Waals surface area contributed by atoms with Gasteiger partial charge in [-0.25, -0.2) is 0 Å². The summed E-state index contributed by atoms with van der Waals surface area (Å²) in [6, 6.07) is 0. The maximum atomic E-state index is 10.9. The molecule has 0 aromatic heterocycles. The summed E-state index contributed by atoms with van der Waals surface area (Å²) in [6.07, 6.45) is 3.27. The molecule has 0 bridgehead atoms. The number of ether oxygens (including phenoxy) is 1. The van der Waals surface area contributed by atoms with Crippen molar-refractivity contribution in [2.24, 2.45) is 0 Å². The van der Waals surface area contributed by atoms with Gasteiger partial charge in [-0.15, -0.1) is 0 Å². The number of rotatable bonds is 7. The molecule has 0 aliphatic rings. The Balaban J connectivity index is 3.03. The Morgan fingerprint density at radius 1 is 1.33 bits per heavy atom. The number of hydrogen-bond donors (Lipinski definition) is 0. The summed E-state index contributed by atoms with van der Waals surface area (Å²) in [5, 5.41) is 0. The molecule has 0 saturated heterocycles. The van der Waals surface area contributed by atoms with Crippen LogP contribution in [0.25, 0.3) is 0 Å². The number of esters is 1. The van der Waals surface area contributed by atoms with Crippen LogP contribution in [0.3, 0.4) is 0 Å². The molecule has 0 N–H and O–H groups in total.